The summed E-state index contributed by atoms with van der Waals surface area (Å²) in [5, 5.41) is 10.4. The molecular weight excluding hydrogens is 185 g/mol. The number of hydrogen-bond donors (Lipinski definition) is 2. The molecule has 3 N–H and O–H groups in total. The third kappa shape index (κ3) is 1.98. The number of nitrogens with two attached hydrogens (primary N) is 1. The van der Waals surface area contributed by atoms with Crippen molar-refractivity contribution in [1.82, 2.24) is 5.32 Å². The molecule has 4 nitrogen and oxygen atoms in total. The number of carbonyl (C=O) groups excluding carboxylic acids is 1. The van der Waals surface area contributed by atoms with E-state index in [2.05, 4.69) is 5.32 Å². The lowest BCUT2D eigenvalue weighted by Gasteiger charge is -2.03. The van der Waals surface area contributed by atoms with Crippen LogP contribution in [0, 0.1) is 17.1 Å². The number of rotatable bonds is 2. The van der Waals surface area contributed by atoms with Crippen LogP contribution in [0.15, 0.2) is 18.2 Å². The Labute approximate surface area is 80.1 Å². The van der Waals surface area contributed by atoms with Crippen molar-refractivity contribution in [1.29, 1.82) is 5.26 Å². The number of hydrogen-bond acceptors (Lipinski definition) is 3. The summed E-state index contributed by atoms with van der Waals surface area (Å²) in [6.45, 7) is -0.160. The van der Waals surface area contributed by atoms with Crippen LogP contribution in [0.2, 0.25) is 0 Å². The van der Waals surface area contributed by atoms with Crippen molar-refractivity contribution in [3.63, 3.8) is 0 Å². The molecule has 1 amide bonds. The van der Waals surface area contributed by atoms with Gasteiger partial charge in [-0.25, -0.2) is 4.39 Å². The molecule has 0 saturated heterocycles. The van der Waals surface area contributed by atoms with Gasteiger partial charge in [0, 0.05) is 0 Å². The van der Waals surface area contributed by atoms with Crippen LogP contribution in [0.1, 0.15) is 10.4 Å². The molecule has 0 aromatic heterocycles. The Morgan fingerprint density at radius 2 is 2.36 bits per heavy atom. The van der Waals surface area contributed by atoms with Crippen LogP contribution in [-0.4, -0.2) is 12.5 Å². The van der Waals surface area contributed by atoms with Gasteiger partial charge in [0.05, 0.1) is 17.3 Å². The van der Waals surface area contributed by atoms with E-state index in [9.17, 15) is 9.18 Å². The first kappa shape index (κ1) is 9.99. The largest absolute Gasteiger partial charge is 0.396 e. The Kier molecular flexibility index (Phi) is 3.02. The molecule has 0 spiro atoms. The number of nitrogens with one attached hydrogen (secondary N) is 1. The Bertz CT molecular complexity index is 398. The van der Waals surface area contributed by atoms with E-state index in [1.54, 1.807) is 6.07 Å². The first-order valence-corrected chi connectivity index (χ1v) is 3.86. The summed E-state index contributed by atoms with van der Waals surface area (Å²) in [4.78, 5) is 11.2. The van der Waals surface area contributed by atoms with E-state index in [-0.39, 0.29) is 17.8 Å². The third-order valence-corrected chi connectivity index (χ3v) is 1.60. The molecule has 1 aromatic carbocycles. The molecule has 1 rings (SSSR count). The van der Waals surface area contributed by atoms with Crippen molar-refractivity contribution < 1.29 is 9.18 Å². The van der Waals surface area contributed by atoms with Gasteiger partial charge in [0.2, 0.25) is 0 Å². The van der Waals surface area contributed by atoms with Gasteiger partial charge >= 0.3 is 0 Å². The molecule has 72 valence electrons. The topological polar surface area (TPSA) is 78.9 Å². The minimum absolute atomic E-state index is 0.0883. The van der Waals surface area contributed by atoms with Gasteiger partial charge in [-0.15, -0.1) is 0 Å². The zero-order valence-corrected chi connectivity index (χ0v) is 7.25. The van der Waals surface area contributed by atoms with Crippen LogP contribution in [0.4, 0.5) is 10.1 Å². The number of carbonyl (C=O) groups is 1. The number of nitrogens with zero attached hydrogens (tertiary/aromatic N) is 1. The van der Waals surface area contributed by atoms with Crippen molar-refractivity contribution >= 4 is 11.6 Å². The number of nitrogen functional groups attached to an aromatic ring is 1. The molecule has 1 aromatic rings. The van der Waals surface area contributed by atoms with Crippen LogP contribution in [0.25, 0.3) is 0 Å². The fraction of sp³-hybridized carbons (Fsp3) is 0.111. The second-order valence-corrected chi connectivity index (χ2v) is 2.55. The average Bonchev–Trinajstić information content (AvgIpc) is 2.18. The molecule has 0 bridgehead atoms. The number of nitriles is 1. The van der Waals surface area contributed by atoms with Crippen LogP contribution in [0.5, 0.6) is 0 Å². The Balaban J connectivity index is 2.91. The highest BCUT2D eigenvalue weighted by molar-refractivity contribution is 5.95. The zero-order valence-electron chi connectivity index (χ0n) is 7.25. The Hall–Kier alpha value is -2.09. The quantitative estimate of drug-likeness (QED) is 0.535. The lowest BCUT2D eigenvalue weighted by Crippen LogP contribution is -2.24. The maximum absolute atomic E-state index is 13.2. The molecule has 0 atom stereocenters. The van der Waals surface area contributed by atoms with Gasteiger partial charge in [-0.2, -0.15) is 5.26 Å². The molecule has 5 heteroatoms. The highest BCUT2D eigenvalue weighted by Gasteiger charge is 2.12. The minimum Gasteiger partial charge on any atom is -0.396 e. The minimum atomic E-state index is -0.761. The number of amides is 1. The van der Waals surface area contributed by atoms with Crippen molar-refractivity contribution in [2.45, 2.75) is 0 Å². The summed E-state index contributed by atoms with van der Waals surface area (Å²) in [6.07, 6.45) is 0. The van der Waals surface area contributed by atoms with E-state index in [1.807, 2.05) is 0 Å². The van der Waals surface area contributed by atoms with Gasteiger partial charge in [0.15, 0.2) is 5.82 Å². The smallest absolute Gasteiger partial charge is 0.255 e. The third-order valence-electron chi connectivity index (χ3n) is 1.60. The van der Waals surface area contributed by atoms with Gasteiger partial charge in [-0.1, -0.05) is 6.07 Å². The van der Waals surface area contributed by atoms with Gasteiger partial charge in [0.1, 0.15) is 6.54 Å². The first-order valence-electron chi connectivity index (χ1n) is 3.86. The lowest BCUT2D eigenvalue weighted by atomic mass is 10.2. The van der Waals surface area contributed by atoms with Crippen molar-refractivity contribution in [3.8, 4) is 6.07 Å². The van der Waals surface area contributed by atoms with Crippen molar-refractivity contribution in [2.24, 2.45) is 0 Å². The fourth-order valence-corrected chi connectivity index (χ4v) is 0.940. The van der Waals surface area contributed by atoms with Gasteiger partial charge in [0.25, 0.3) is 5.91 Å². The van der Waals surface area contributed by atoms with E-state index < -0.39 is 11.7 Å². The summed E-state index contributed by atoms with van der Waals surface area (Å²) < 4.78 is 13.2. The van der Waals surface area contributed by atoms with E-state index in [0.717, 1.165) is 0 Å². The van der Waals surface area contributed by atoms with Crippen LogP contribution in [0.3, 0.4) is 0 Å². The summed E-state index contributed by atoms with van der Waals surface area (Å²) in [7, 11) is 0. The normalized spacial score (nSPS) is 9.14. The molecular formula is C9H8FN3O. The van der Waals surface area contributed by atoms with Crippen LogP contribution in [-0.2, 0) is 0 Å². The summed E-state index contributed by atoms with van der Waals surface area (Å²) in [6, 6.07) is 5.85. The Morgan fingerprint density at radius 3 is 3.00 bits per heavy atom. The average molecular weight is 193 g/mol. The first-order chi connectivity index (χ1) is 6.66. The molecule has 0 saturated carbocycles. The van der Waals surface area contributed by atoms with Gasteiger partial charge in [-0.05, 0) is 12.1 Å². The zero-order chi connectivity index (χ0) is 10.6. The number of benzene rings is 1. The SMILES string of the molecule is N#CCNC(=O)c1cccc(N)c1F. The monoisotopic (exact) mass is 193 g/mol. The molecule has 0 aliphatic rings. The van der Waals surface area contributed by atoms with Crippen LogP contribution >= 0.6 is 0 Å². The lowest BCUT2D eigenvalue weighted by molar-refractivity contribution is 0.0954. The second-order valence-electron chi connectivity index (χ2n) is 2.55. The summed E-state index contributed by atoms with van der Waals surface area (Å²) in [5.41, 5.74) is 5.03. The predicted molar refractivity (Wildman–Crippen MR) is 48.8 cm³/mol. The molecule has 0 heterocycles. The molecule has 14 heavy (non-hydrogen) atoms. The number of anilines is 1. The van der Waals surface area contributed by atoms with E-state index in [1.165, 1.54) is 18.2 Å². The maximum Gasteiger partial charge on any atom is 0.255 e. The van der Waals surface area contributed by atoms with E-state index in [4.69, 9.17) is 11.0 Å². The Morgan fingerprint density at radius 1 is 1.64 bits per heavy atom. The second kappa shape index (κ2) is 4.23. The molecule has 0 aliphatic heterocycles. The maximum atomic E-state index is 13.2. The highest BCUT2D eigenvalue weighted by atomic mass is 19.1. The fourth-order valence-electron chi connectivity index (χ4n) is 0.940. The predicted octanol–water partition coefficient (Wildman–Crippen LogP) is 0.661. The summed E-state index contributed by atoms with van der Waals surface area (Å²) >= 11 is 0. The molecule has 0 unspecified atom stereocenters. The highest BCUT2D eigenvalue weighted by Crippen LogP contribution is 2.13. The summed E-state index contributed by atoms with van der Waals surface area (Å²) in [5.74, 6) is -1.40. The van der Waals surface area contributed by atoms with Crippen molar-refractivity contribution in [2.75, 3.05) is 12.3 Å². The number of halogens is 1. The van der Waals surface area contributed by atoms with Crippen molar-refractivity contribution in [3.05, 3.63) is 29.6 Å². The van der Waals surface area contributed by atoms with E-state index >= 15 is 0 Å². The molecule has 0 aliphatic carbocycles. The molecule has 0 radical (unpaired) electrons. The van der Waals surface area contributed by atoms with Crippen LogP contribution < -0.4 is 11.1 Å². The van der Waals surface area contributed by atoms with Gasteiger partial charge < -0.3 is 11.1 Å². The van der Waals surface area contributed by atoms with E-state index in [0.29, 0.717) is 0 Å². The standard InChI is InChI=1S/C9H8FN3O/c10-8-6(2-1-3-7(8)12)9(14)13-5-4-11/h1-3H,5,12H2,(H,13,14). The van der Waals surface area contributed by atoms with Gasteiger partial charge in [-0.3, -0.25) is 4.79 Å². The molecule has 0 fully saturated rings.